The van der Waals surface area contributed by atoms with Crippen LogP contribution in [0.4, 0.5) is 10.1 Å². The lowest BCUT2D eigenvalue weighted by Gasteiger charge is -2.26. The van der Waals surface area contributed by atoms with Crippen molar-refractivity contribution in [3.05, 3.63) is 53.1 Å². The number of anilines is 1. The SMILES string of the molecule is CCn1c(CCC(=O)Nc2ccc(F)c(Cl)c2)nc2cc(S(=O)(=O)N3CCOCC3)ccc21. The van der Waals surface area contributed by atoms with E-state index in [1.54, 1.807) is 18.2 Å². The average molecular weight is 495 g/mol. The minimum Gasteiger partial charge on any atom is -0.379 e. The summed E-state index contributed by atoms with van der Waals surface area (Å²) in [7, 11) is -3.63. The summed E-state index contributed by atoms with van der Waals surface area (Å²) >= 11 is 5.76. The van der Waals surface area contributed by atoms with Crippen molar-refractivity contribution in [1.82, 2.24) is 13.9 Å². The summed E-state index contributed by atoms with van der Waals surface area (Å²) < 4.78 is 47.9. The number of imidazole rings is 1. The number of nitrogens with zero attached hydrogens (tertiary/aromatic N) is 3. The Hall–Kier alpha value is -2.53. The Balaban J connectivity index is 1.51. The van der Waals surface area contributed by atoms with E-state index in [1.165, 1.54) is 22.5 Å². The molecule has 0 radical (unpaired) electrons. The summed E-state index contributed by atoms with van der Waals surface area (Å²) in [6, 6.07) is 8.91. The number of fused-ring (bicyclic) bond motifs is 1. The van der Waals surface area contributed by atoms with Crippen LogP contribution < -0.4 is 5.32 Å². The predicted octanol–water partition coefficient (Wildman–Crippen LogP) is 3.44. The van der Waals surface area contributed by atoms with Crippen molar-refractivity contribution in [1.29, 1.82) is 0 Å². The fourth-order valence-electron chi connectivity index (χ4n) is 3.82. The summed E-state index contributed by atoms with van der Waals surface area (Å²) in [5, 5.41) is 2.63. The molecule has 0 atom stereocenters. The number of aromatic nitrogens is 2. The first-order valence-corrected chi connectivity index (χ1v) is 12.4. The fraction of sp³-hybridized carbons (Fsp3) is 0.364. The molecule has 1 saturated heterocycles. The van der Waals surface area contributed by atoms with Gasteiger partial charge in [-0.3, -0.25) is 4.79 Å². The Morgan fingerprint density at radius 3 is 2.67 bits per heavy atom. The third kappa shape index (κ3) is 5.03. The van der Waals surface area contributed by atoms with Gasteiger partial charge < -0.3 is 14.6 Å². The molecule has 33 heavy (non-hydrogen) atoms. The molecule has 2 aromatic carbocycles. The third-order valence-corrected chi connectivity index (χ3v) is 7.69. The average Bonchev–Trinajstić information content (AvgIpc) is 3.17. The number of sulfonamides is 1. The monoisotopic (exact) mass is 494 g/mol. The number of morpholine rings is 1. The molecule has 0 bridgehead atoms. The highest BCUT2D eigenvalue weighted by Gasteiger charge is 2.27. The largest absolute Gasteiger partial charge is 0.379 e. The summed E-state index contributed by atoms with van der Waals surface area (Å²) in [4.78, 5) is 17.2. The number of hydrogen-bond donors (Lipinski definition) is 1. The van der Waals surface area contributed by atoms with Crippen LogP contribution in [0, 0.1) is 5.82 Å². The summed E-state index contributed by atoms with van der Waals surface area (Å²) in [5.41, 5.74) is 1.78. The van der Waals surface area contributed by atoms with Gasteiger partial charge in [0, 0.05) is 38.2 Å². The maximum atomic E-state index is 13.3. The van der Waals surface area contributed by atoms with Gasteiger partial charge in [0.05, 0.1) is 34.2 Å². The van der Waals surface area contributed by atoms with Crippen LogP contribution in [0.15, 0.2) is 41.3 Å². The van der Waals surface area contributed by atoms with Gasteiger partial charge in [0.2, 0.25) is 15.9 Å². The van der Waals surface area contributed by atoms with Gasteiger partial charge in [0.1, 0.15) is 11.6 Å². The fourth-order valence-corrected chi connectivity index (χ4v) is 5.43. The lowest BCUT2D eigenvalue weighted by molar-refractivity contribution is -0.116. The van der Waals surface area contributed by atoms with Crippen LogP contribution in [0.25, 0.3) is 11.0 Å². The maximum absolute atomic E-state index is 13.3. The molecule has 0 aliphatic carbocycles. The Kier molecular flexibility index (Phi) is 6.99. The van der Waals surface area contributed by atoms with Crippen molar-refractivity contribution >= 4 is 44.3 Å². The molecule has 3 aromatic rings. The number of nitrogens with one attached hydrogen (secondary N) is 1. The highest BCUT2D eigenvalue weighted by atomic mass is 35.5. The Morgan fingerprint density at radius 1 is 1.21 bits per heavy atom. The summed E-state index contributed by atoms with van der Waals surface area (Å²) in [5.74, 6) is -0.134. The molecule has 2 heterocycles. The molecule has 176 valence electrons. The lowest BCUT2D eigenvalue weighted by atomic mass is 10.2. The molecule has 11 heteroatoms. The van der Waals surface area contributed by atoms with E-state index in [-0.39, 0.29) is 22.2 Å². The molecule has 1 aromatic heterocycles. The Labute approximate surface area is 196 Å². The van der Waals surface area contributed by atoms with Crippen LogP contribution in [0.1, 0.15) is 19.2 Å². The number of amides is 1. The molecule has 1 amide bonds. The summed E-state index contributed by atoms with van der Waals surface area (Å²) in [6.45, 7) is 3.98. The van der Waals surface area contributed by atoms with E-state index >= 15 is 0 Å². The van der Waals surface area contributed by atoms with E-state index in [0.717, 1.165) is 5.52 Å². The van der Waals surface area contributed by atoms with Gasteiger partial charge in [-0.2, -0.15) is 4.31 Å². The van der Waals surface area contributed by atoms with Crippen molar-refractivity contribution in [3.8, 4) is 0 Å². The molecular formula is C22H24ClFN4O4S. The first kappa shape index (κ1) is 23.6. The second kappa shape index (κ2) is 9.76. The molecular weight excluding hydrogens is 471 g/mol. The van der Waals surface area contributed by atoms with Crippen LogP contribution >= 0.6 is 11.6 Å². The van der Waals surface area contributed by atoms with E-state index in [1.807, 2.05) is 11.5 Å². The first-order valence-electron chi connectivity index (χ1n) is 10.6. The van der Waals surface area contributed by atoms with Gasteiger partial charge in [0.25, 0.3) is 0 Å². The molecule has 1 aliphatic rings. The highest BCUT2D eigenvalue weighted by molar-refractivity contribution is 7.89. The molecule has 0 saturated carbocycles. The van der Waals surface area contributed by atoms with Crippen molar-refractivity contribution in [2.24, 2.45) is 0 Å². The quantitative estimate of drug-likeness (QED) is 0.543. The van der Waals surface area contributed by atoms with E-state index in [2.05, 4.69) is 10.3 Å². The zero-order chi connectivity index (χ0) is 23.6. The molecule has 1 aliphatic heterocycles. The van der Waals surface area contributed by atoms with Gasteiger partial charge in [-0.25, -0.2) is 17.8 Å². The first-order chi connectivity index (χ1) is 15.8. The smallest absolute Gasteiger partial charge is 0.243 e. The molecule has 8 nitrogen and oxygen atoms in total. The van der Waals surface area contributed by atoms with Crippen LogP contribution in [-0.2, 0) is 32.5 Å². The number of rotatable bonds is 7. The van der Waals surface area contributed by atoms with Gasteiger partial charge in [0.15, 0.2) is 0 Å². The van der Waals surface area contributed by atoms with Crippen molar-refractivity contribution in [2.75, 3.05) is 31.6 Å². The number of benzene rings is 2. The predicted molar refractivity (Wildman–Crippen MR) is 123 cm³/mol. The number of aryl methyl sites for hydroxylation is 2. The van der Waals surface area contributed by atoms with Gasteiger partial charge in [-0.15, -0.1) is 0 Å². The molecule has 1 N–H and O–H groups in total. The molecule has 4 rings (SSSR count). The topological polar surface area (TPSA) is 93.5 Å². The zero-order valence-corrected chi connectivity index (χ0v) is 19.6. The number of carbonyl (C=O) groups excluding carboxylic acids is 1. The van der Waals surface area contributed by atoms with Gasteiger partial charge in [-0.05, 0) is 43.3 Å². The number of hydrogen-bond acceptors (Lipinski definition) is 5. The Morgan fingerprint density at radius 2 is 1.97 bits per heavy atom. The third-order valence-electron chi connectivity index (χ3n) is 5.50. The normalized spacial score (nSPS) is 15.1. The minimum atomic E-state index is -3.63. The second-order valence-corrected chi connectivity index (χ2v) is 9.96. The van der Waals surface area contributed by atoms with E-state index in [4.69, 9.17) is 16.3 Å². The van der Waals surface area contributed by atoms with Crippen molar-refractivity contribution < 1.29 is 22.3 Å². The van der Waals surface area contributed by atoms with Crippen molar-refractivity contribution in [2.45, 2.75) is 31.2 Å². The summed E-state index contributed by atoms with van der Waals surface area (Å²) in [6.07, 6.45) is 0.506. The van der Waals surface area contributed by atoms with E-state index in [0.29, 0.717) is 56.3 Å². The molecule has 0 unspecified atom stereocenters. The van der Waals surface area contributed by atoms with Crippen LogP contribution in [-0.4, -0.2) is 54.5 Å². The van der Waals surface area contributed by atoms with Gasteiger partial charge in [-0.1, -0.05) is 11.6 Å². The Bertz CT molecular complexity index is 1290. The van der Waals surface area contributed by atoms with Gasteiger partial charge >= 0.3 is 0 Å². The van der Waals surface area contributed by atoms with Crippen LogP contribution in [0.5, 0.6) is 0 Å². The van der Waals surface area contributed by atoms with Crippen LogP contribution in [0.3, 0.4) is 0 Å². The van der Waals surface area contributed by atoms with E-state index < -0.39 is 15.8 Å². The van der Waals surface area contributed by atoms with Crippen molar-refractivity contribution in [3.63, 3.8) is 0 Å². The minimum absolute atomic E-state index is 0.0663. The zero-order valence-electron chi connectivity index (χ0n) is 18.1. The maximum Gasteiger partial charge on any atom is 0.243 e. The lowest BCUT2D eigenvalue weighted by Crippen LogP contribution is -2.40. The number of carbonyl (C=O) groups is 1. The molecule has 0 spiro atoms. The molecule has 1 fully saturated rings. The van der Waals surface area contributed by atoms with E-state index in [9.17, 15) is 17.6 Å². The van der Waals surface area contributed by atoms with Crippen LogP contribution in [0.2, 0.25) is 5.02 Å². The highest BCUT2D eigenvalue weighted by Crippen LogP contribution is 2.24. The standard InChI is InChI=1S/C22H24ClFN4O4S/c1-2-28-20-6-4-16(33(30,31)27-9-11-32-12-10-27)14-19(20)26-21(28)7-8-22(29)25-15-3-5-18(24)17(23)13-15/h3-6,13-14H,2,7-12H2,1H3,(H,25,29). The number of halogens is 2. The number of ether oxygens (including phenoxy) is 1. The second-order valence-electron chi connectivity index (χ2n) is 7.62.